The van der Waals surface area contributed by atoms with Crippen molar-refractivity contribution in [1.29, 1.82) is 0 Å². The summed E-state index contributed by atoms with van der Waals surface area (Å²) in [6.07, 6.45) is 0.995. The fraction of sp³-hybridized carbons (Fsp3) is 0.350. The summed E-state index contributed by atoms with van der Waals surface area (Å²) in [7, 11) is -2.22. The zero-order valence-electron chi connectivity index (χ0n) is 17.1. The van der Waals surface area contributed by atoms with Crippen LogP contribution in [0.1, 0.15) is 19.4 Å². The van der Waals surface area contributed by atoms with Crippen LogP contribution in [-0.4, -0.2) is 40.3 Å². The van der Waals surface area contributed by atoms with Gasteiger partial charge in [0.2, 0.25) is 15.9 Å². The van der Waals surface area contributed by atoms with E-state index in [1.54, 1.807) is 18.2 Å². The van der Waals surface area contributed by atoms with E-state index in [1.165, 1.54) is 25.3 Å². The molecule has 0 saturated heterocycles. The average molecular weight is 475 g/mol. The Morgan fingerprint density at radius 2 is 1.83 bits per heavy atom. The first-order chi connectivity index (χ1) is 14.0. The van der Waals surface area contributed by atoms with Crippen LogP contribution in [0.25, 0.3) is 0 Å². The van der Waals surface area contributed by atoms with E-state index in [2.05, 4.69) is 5.32 Å². The number of rotatable bonds is 9. The van der Waals surface area contributed by atoms with Gasteiger partial charge in [-0.3, -0.25) is 9.10 Å². The highest BCUT2D eigenvalue weighted by Gasteiger charge is 2.23. The molecule has 2 aromatic rings. The first-order valence-electron chi connectivity index (χ1n) is 9.04. The summed E-state index contributed by atoms with van der Waals surface area (Å²) < 4.78 is 36.4. The Bertz CT molecular complexity index is 1010. The third-order valence-corrected chi connectivity index (χ3v) is 5.61. The van der Waals surface area contributed by atoms with Gasteiger partial charge in [0.05, 0.1) is 30.2 Å². The highest BCUT2D eigenvalue weighted by molar-refractivity contribution is 7.92. The van der Waals surface area contributed by atoms with Gasteiger partial charge < -0.3 is 14.8 Å². The lowest BCUT2D eigenvalue weighted by atomic mass is 10.2. The second kappa shape index (κ2) is 10.2. The molecular weight excluding hydrogens is 451 g/mol. The van der Waals surface area contributed by atoms with Crippen molar-refractivity contribution in [2.45, 2.75) is 26.5 Å². The number of ether oxygens (including phenoxy) is 2. The van der Waals surface area contributed by atoms with Gasteiger partial charge in [-0.15, -0.1) is 0 Å². The van der Waals surface area contributed by atoms with Crippen LogP contribution in [0.15, 0.2) is 36.4 Å². The second-order valence-electron chi connectivity index (χ2n) is 6.79. The van der Waals surface area contributed by atoms with Gasteiger partial charge in [0.1, 0.15) is 6.54 Å². The van der Waals surface area contributed by atoms with E-state index in [0.717, 1.165) is 16.1 Å². The van der Waals surface area contributed by atoms with Crippen LogP contribution in [0.2, 0.25) is 10.0 Å². The van der Waals surface area contributed by atoms with Gasteiger partial charge in [-0.05, 0) is 49.7 Å². The molecule has 7 nitrogen and oxygen atoms in total. The maximum Gasteiger partial charge on any atom is 0.241 e. The molecule has 0 spiro atoms. The zero-order valence-corrected chi connectivity index (χ0v) is 19.4. The molecule has 0 aliphatic rings. The fourth-order valence-corrected chi connectivity index (χ4v) is 4.05. The summed E-state index contributed by atoms with van der Waals surface area (Å²) in [6, 6.07) is 9.69. The number of nitrogens with zero attached hydrogens (tertiary/aromatic N) is 1. The molecule has 10 heteroatoms. The molecule has 0 aromatic heterocycles. The highest BCUT2D eigenvalue weighted by Crippen LogP contribution is 2.31. The summed E-state index contributed by atoms with van der Waals surface area (Å²) in [5, 5.41) is 3.20. The topological polar surface area (TPSA) is 84.9 Å². The molecule has 164 valence electrons. The first kappa shape index (κ1) is 24.1. The molecule has 0 aliphatic heterocycles. The fourth-order valence-electron chi connectivity index (χ4n) is 2.62. The van der Waals surface area contributed by atoms with Crippen molar-refractivity contribution in [3.05, 3.63) is 52.0 Å². The number of nitrogens with one attached hydrogen (secondary N) is 1. The van der Waals surface area contributed by atoms with Crippen LogP contribution < -0.4 is 19.1 Å². The van der Waals surface area contributed by atoms with Crippen molar-refractivity contribution < 1.29 is 22.7 Å². The van der Waals surface area contributed by atoms with Gasteiger partial charge >= 0.3 is 0 Å². The minimum Gasteiger partial charge on any atom is -0.493 e. The highest BCUT2D eigenvalue weighted by atomic mass is 35.5. The number of methoxy groups -OCH3 is 1. The maximum absolute atomic E-state index is 12.4. The minimum absolute atomic E-state index is 0.00822. The molecule has 2 rings (SSSR count). The van der Waals surface area contributed by atoms with Gasteiger partial charge in [0, 0.05) is 11.6 Å². The van der Waals surface area contributed by atoms with Crippen LogP contribution >= 0.6 is 23.2 Å². The maximum atomic E-state index is 12.4. The SMILES string of the molecule is COc1cc(CNC(=O)CN(c2ccc(Cl)cc2Cl)S(C)(=O)=O)ccc1OC(C)C. The summed E-state index contributed by atoms with van der Waals surface area (Å²) in [6.45, 7) is 3.58. The standard InChI is InChI=1S/C20H24Cl2N2O5S/c1-13(2)29-18-8-5-14(9-19(18)28-3)11-23-20(25)12-24(30(4,26)27)17-7-6-15(21)10-16(17)22/h5-10,13H,11-12H2,1-4H3,(H,23,25). The average Bonchev–Trinajstić information content (AvgIpc) is 2.64. The molecule has 0 atom stereocenters. The summed E-state index contributed by atoms with van der Waals surface area (Å²) in [5.74, 6) is 0.650. The van der Waals surface area contributed by atoms with Gasteiger partial charge in [0.25, 0.3) is 0 Å². The molecule has 0 fully saturated rings. The van der Waals surface area contributed by atoms with Gasteiger partial charge in [0.15, 0.2) is 11.5 Å². The quantitative estimate of drug-likeness (QED) is 0.595. The lowest BCUT2D eigenvalue weighted by Gasteiger charge is -2.23. The van der Waals surface area contributed by atoms with Crippen molar-refractivity contribution in [3.63, 3.8) is 0 Å². The third-order valence-electron chi connectivity index (χ3n) is 3.95. The van der Waals surface area contributed by atoms with Crippen LogP contribution in [0, 0.1) is 0 Å². The Labute approximate surface area is 186 Å². The molecule has 2 aromatic carbocycles. The number of benzene rings is 2. The lowest BCUT2D eigenvalue weighted by Crippen LogP contribution is -2.40. The van der Waals surface area contributed by atoms with Crippen LogP contribution in [0.3, 0.4) is 0 Å². The van der Waals surface area contributed by atoms with E-state index in [1.807, 2.05) is 13.8 Å². The van der Waals surface area contributed by atoms with E-state index < -0.39 is 22.5 Å². The molecule has 1 N–H and O–H groups in total. The predicted octanol–water partition coefficient (Wildman–Crippen LogP) is 3.87. The van der Waals surface area contributed by atoms with E-state index in [0.29, 0.717) is 16.5 Å². The number of carbonyl (C=O) groups excluding carboxylic acids is 1. The number of amides is 1. The number of carbonyl (C=O) groups is 1. The Balaban J connectivity index is 2.11. The number of hydrogen-bond acceptors (Lipinski definition) is 5. The van der Waals surface area contributed by atoms with Gasteiger partial charge in [-0.1, -0.05) is 29.3 Å². The third kappa shape index (κ3) is 6.68. The van der Waals surface area contributed by atoms with E-state index >= 15 is 0 Å². The van der Waals surface area contributed by atoms with Crippen LogP contribution in [-0.2, 0) is 21.4 Å². The smallest absolute Gasteiger partial charge is 0.241 e. The number of hydrogen-bond donors (Lipinski definition) is 1. The van der Waals surface area contributed by atoms with E-state index in [4.69, 9.17) is 32.7 Å². The molecule has 0 heterocycles. The molecule has 0 saturated carbocycles. The summed E-state index contributed by atoms with van der Waals surface area (Å²) in [4.78, 5) is 12.4. The molecule has 1 amide bonds. The van der Waals surface area contributed by atoms with Crippen molar-refractivity contribution >= 4 is 44.8 Å². The first-order valence-corrected chi connectivity index (χ1v) is 11.6. The molecule has 0 radical (unpaired) electrons. The molecule has 30 heavy (non-hydrogen) atoms. The Morgan fingerprint density at radius 1 is 1.13 bits per heavy atom. The monoisotopic (exact) mass is 474 g/mol. The van der Waals surface area contributed by atoms with Crippen LogP contribution in [0.5, 0.6) is 11.5 Å². The number of anilines is 1. The Hall–Kier alpha value is -2.16. The summed E-state index contributed by atoms with van der Waals surface area (Å²) in [5.41, 5.74) is 0.947. The van der Waals surface area contributed by atoms with Crippen molar-refractivity contribution in [2.75, 3.05) is 24.2 Å². The van der Waals surface area contributed by atoms with Gasteiger partial charge in [-0.2, -0.15) is 0 Å². The summed E-state index contributed by atoms with van der Waals surface area (Å²) >= 11 is 12.0. The van der Waals surface area contributed by atoms with Crippen molar-refractivity contribution in [1.82, 2.24) is 5.32 Å². The molecule has 0 aliphatic carbocycles. The van der Waals surface area contributed by atoms with Crippen molar-refractivity contribution in [3.8, 4) is 11.5 Å². The Morgan fingerprint density at radius 3 is 2.40 bits per heavy atom. The zero-order chi connectivity index (χ0) is 22.5. The number of halogens is 2. The normalized spacial score (nSPS) is 11.3. The predicted molar refractivity (Wildman–Crippen MR) is 119 cm³/mol. The largest absolute Gasteiger partial charge is 0.493 e. The van der Waals surface area contributed by atoms with E-state index in [-0.39, 0.29) is 23.4 Å². The minimum atomic E-state index is -3.75. The Kier molecular flexibility index (Phi) is 8.23. The molecule has 0 bridgehead atoms. The van der Waals surface area contributed by atoms with Crippen LogP contribution in [0.4, 0.5) is 5.69 Å². The lowest BCUT2D eigenvalue weighted by molar-refractivity contribution is -0.119. The molecular formula is C20H24Cl2N2O5S. The molecule has 0 unspecified atom stereocenters. The number of sulfonamides is 1. The second-order valence-corrected chi connectivity index (χ2v) is 9.54. The van der Waals surface area contributed by atoms with Crippen molar-refractivity contribution in [2.24, 2.45) is 0 Å². The van der Waals surface area contributed by atoms with Gasteiger partial charge in [-0.25, -0.2) is 8.42 Å². The van der Waals surface area contributed by atoms with E-state index in [9.17, 15) is 13.2 Å².